The van der Waals surface area contributed by atoms with Crippen molar-refractivity contribution in [3.63, 3.8) is 0 Å². The Hall–Kier alpha value is -3.36. The van der Waals surface area contributed by atoms with Gasteiger partial charge >= 0.3 is 6.03 Å². The lowest BCUT2D eigenvalue weighted by Gasteiger charge is -2.33. The Morgan fingerprint density at radius 2 is 1.82 bits per heavy atom. The molecule has 3 aromatic rings. The van der Waals surface area contributed by atoms with Crippen molar-refractivity contribution in [1.82, 2.24) is 19.8 Å². The lowest BCUT2D eigenvalue weighted by atomic mass is 9.96. The third-order valence-corrected chi connectivity index (χ3v) is 6.67. The smallest absolute Gasteiger partial charge is 0.322 e. The molecule has 0 unspecified atom stereocenters. The zero-order chi connectivity index (χ0) is 23.7. The summed E-state index contributed by atoms with van der Waals surface area (Å²) in [6, 6.07) is 15.4. The molecule has 1 saturated heterocycles. The average Bonchev–Trinajstić information content (AvgIpc) is 2.83. The van der Waals surface area contributed by atoms with Crippen molar-refractivity contribution >= 4 is 35.1 Å². The lowest BCUT2D eigenvalue weighted by molar-refractivity contribution is 0.206. The van der Waals surface area contributed by atoms with Gasteiger partial charge in [-0.1, -0.05) is 29.8 Å². The fourth-order valence-corrected chi connectivity index (χ4v) is 4.65. The Morgan fingerprint density at radius 3 is 2.62 bits per heavy atom. The van der Waals surface area contributed by atoms with Gasteiger partial charge in [-0.2, -0.15) is 4.98 Å². The van der Waals surface area contributed by atoms with Gasteiger partial charge in [0.25, 0.3) is 0 Å². The Labute approximate surface area is 204 Å². The highest BCUT2D eigenvalue weighted by atomic mass is 35.5. The second kappa shape index (κ2) is 9.48. The van der Waals surface area contributed by atoms with Crippen LogP contribution in [0.2, 0.25) is 5.02 Å². The Balaban J connectivity index is 1.35. The van der Waals surface area contributed by atoms with Crippen LogP contribution in [0.4, 0.5) is 22.2 Å². The summed E-state index contributed by atoms with van der Waals surface area (Å²) in [5, 5.41) is 3.53. The first-order valence-electron chi connectivity index (χ1n) is 11.5. The first-order chi connectivity index (χ1) is 16.4. The van der Waals surface area contributed by atoms with Gasteiger partial charge < -0.3 is 25.8 Å². The number of nitrogens with two attached hydrogens (primary N) is 1. The van der Waals surface area contributed by atoms with Gasteiger partial charge in [-0.25, -0.2) is 9.78 Å². The molecule has 0 radical (unpaired) electrons. The van der Waals surface area contributed by atoms with Gasteiger partial charge in [0, 0.05) is 61.6 Å². The molecule has 2 amide bonds. The van der Waals surface area contributed by atoms with E-state index in [0.717, 1.165) is 55.2 Å². The van der Waals surface area contributed by atoms with Gasteiger partial charge in [0.05, 0.1) is 5.69 Å². The van der Waals surface area contributed by atoms with E-state index in [1.807, 2.05) is 23.1 Å². The van der Waals surface area contributed by atoms with E-state index in [4.69, 9.17) is 17.3 Å². The number of nitrogens with zero attached hydrogens (tertiary/aromatic N) is 5. The van der Waals surface area contributed by atoms with Gasteiger partial charge in [0.2, 0.25) is 5.95 Å². The van der Waals surface area contributed by atoms with Crippen LogP contribution in [0, 0.1) is 0 Å². The van der Waals surface area contributed by atoms with Crippen LogP contribution in [-0.2, 0) is 13.0 Å². The number of nitrogens with one attached hydrogen (secondary N) is 1. The third kappa shape index (κ3) is 4.93. The quantitative estimate of drug-likeness (QED) is 0.597. The zero-order valence-corrected chi connectivity index (χ0v) is 19.9. The monoisotopic (exact) mass is 477 g/mol. The number of likely N-dealkylation sites (N-methyl/N-ethyl adjacent to an activating group) is 1. The van der Waals surface area contributed by atoms with Gasteiger partial charge in [-0.05, 0) is 48.9 Å². The average molecular weight is 478 g/mol. The highest BCUT2D eigenvalue weighted by Gasteiger charge is 2.22. The Morgan fingerprint density at radius 1 is 1.00 bits per heavy atom. The highest BCUT2D eigenvalue weighted by Crippen LogP contribution is 2.28. The maximum Gasteiger partial charge on any atom is 0.322 e. The number of carbonyl (C=O) groups excluding carboxylic acids is 1. The van der Waals surface area contributed by atoms with Crippen molar-refractivity contribution in [3.8, 4) is 11.3 Å². The third-order valence-electron chi connectivity index (χ3n) is 6.43. The Kier molecular flexibility index (Phi) is 6.26. The minimum atomic E-state index is -0.137. The molecule has 0 spiro atoms. The van der Waals surface area contributed by atoms with E-state index >= 15 is 0 Å². The number of rotatable bonds is 3. The number of hydrogen-bond donors (Lipinski definition) is 2. The van der Waals surface area contributed by atoms with Gasteiger partial charge in [-0.3, -0.25) is 0 Å². The summed E-state index contributed by atoms with van der Waals surface area (Å²) in [7, 11) is 2.13. The molecule has 0 aliphatic carbocycles. The van der Waals surface area contributed by atoms with E-state index in [9.17, 15) is 4.79 Å². The number of nitrogen functional groups attached to an aromatic ring is 1. The highest BCUT2D eigenvalue weighted by molar-refractivity contribution is 6.30. The van der Waals surface area contributed by atoms with Crippen LogP contribution in [-0.4, -0.2) is 65.6 Å². The number of benzene rings is 2. The molecule has 8 nitrogen and oxygen atoms in total. The molecule has 34 heavy (non-hydrogen) atoms. The normalized spacial score (nSPS) is 16.3. The van der Waals surface area contributed by atoms with Crippen molar-refractivity contribution in [2.45, 2.75) is 13.0 Å². The molecule has 176 valence electrons. The largest absolute Gasteiger partial charge is 0.368 e. The number of anilines is 3. The van der Waals surface area contributed by atoms with Crippen LogP contribution < -0.4 is 16.0 Å². The van der Waals surface area contributed by atoms with E-state index in [0.29, 0.717) is 23.8 Å². The summed E-state index contributed by atoms with van der Waals surface area (Å²) in [6.45, 7) is 4.99. The number of urea groups is 1. The maximum atomic E-state index is 12.9. The molecule has 0 saturated carbocycles. The molecule has 9 heteroatoms. The summed E-state index contributed by atoms with van der Waals surface area (Å²) < 4.78 is 0. The first kappa shape index (κ1) is 22.4. The molecule has 1 fully saturated rings. The van der Waals surface area contributed by atoms with E-state index in [2.05, 4.69) is 50.3 Å². The summed E-state index contributed by atoms with van der Waals surface area (Å²) in [5.41, 5.74) is 10.9. The molecule has 2 aliphatic heterocycles. The summed E-state index contributed by atoms with van der Waals surface area (Å²) in [6.07, 6.45) is 0.803. The fourth-order valence-electron chi connectivity index (χ4n) is 4.46. The molecule has 5 rings (SSSR count). The van der Waals surface area contributed by atoms with E-state index in [-0.39, 0.29) is 12.0 Å². The second-order valence-corrected chi connectivity index (χ2v) is 9.29. The van der Waals surface area contributed by atoms with Crippen LogP contribution in [0.5, 0.6) is 0 Å². The maximum absolute atomic E-state index is 12.9. The van der Waals surface area contributed by atoms with Crippen molar-refractivity contribution in [2.24, 2.45) is 0 Å². The molecular formula is C25H28ClN7O. The summed E-state index contributed by atoms with van der Waals surface area (Å²) >= 11 is 6.05. The molecule has 2 aromatic carbocycles. The number of fused-ring (bicyclic) bond motifs is 1. The predicted molar refractivity (Wildman–Crippen MR) is 136 cm³/mol. The molecule has 0 atom stereocenters. The molecule has 3 heterocycles. The number of hydrogen-bond acceptors (Lipinski definition) is 6. The summed E-state index contributed by atoms with van der Waals surface area (Å²) in [4.78, 5) is 28.2. The number of carbonyl (C=O) groups is 1. The number of piperazine rings is 1. The number of halogens is 1. The Bertz CT molecular complexity index is 1210. The van der Waals surface area contributed by atoms with Crippen LogP contribution in [0.25, 0.3) is 11.3 Å². The van der Waals surface area contributed by atoms with Crippen LogP contribution in [0.1, 0.15) is 11.1 Å². The lowest BCUT2D eigenvalue weighted by Crippen LogP contribution is -2.44. The predicted octanol–water partition coefficient (Wildman–Crippen LogP) is 3.72. The zero-order valence-electron chi connectivity index (χ0n) is 19.2. The standard InChI is InChI=1S/C25H28ClN7O/c1-31-9-11-32(12-10-31)23-15-22(29-24(27)30-23)18-6-5-17-7-8-33(16-19(17)13-18)25(34)28-21-4-2-3-20(26)14-21/h2-6,13-15H,7-12,16H2,1H3,(H,28,34)(H2,27,29,30). The number of amides is 2. The molecule has 3 N–H and O–H groups in total. The van der Waals surface area contributed by atoms with E-state index < -0.39 is 0 Å². The van der Waals surface area contributed by atoms with E-state index in [1.165, 1.54) is 5.56 Å². The minimum Gasteiger partial charge on any atom is -0.368 e. The molecule has 1 aromatic heterocycles. The van der Waals surface area contributed by atoms with Crippen LogP contribution >= 0.6 is 11.6 Å². The minimum absolute atomic E-state index is 0.137. The molecule has 2 aliphatic rings. The van der Waals surface area contributed by atoms with Crippen molar-refractivity contribution in [2.75, 3.05) is 55.7 Å². The van der Waals surface area contributed by atoms with Crippen LogP contribution in [0.15, 0.2) is 48.5 Å². The van der Waals surface area contributed by atoms with Gasteiger partial charge in [0.1, 0.15) is 5.82 Å². The topological polar surface area (TPSA) is 90.6 Å². The molecular weight excluding hydrogens is 450 g/mol. The van der Waals surface area contributed by atoms with Crippen LogP contribution in [0.3, 0.4) is 0 Å². The van der Waals surface area contributed by atoms with Gasteiger partial charge in [-0.15, -0.1) is 0 Å². The number of aromatic nitrogens is 2. The molecule has 0 bridgehead atoms. The van der Waals surface area contributed by atoms with Crippen molar-refractivity contribution in [3.05, 3.63) is 64.7 Å². The second-order valence-electron chi connectivity index (χ2n) is 8.86. The first-order valence-corrected chi connectivity index (χ1v) is 11.8. The van der Waals surface area contributed by atoms with Crippen molar-refractivity contribution < 1.29 is 4.79 Å². The fraction of sp³-hybridized carbons (Fsp3) is 0.320. The van der Waals surface area contributed by atoms with Crippen molar-refractivity contribution in [1.29, 1.82) is 0 Å². The van der Waals surface area contributed by atoms with Gasteiger partial charge in [0.15, 0.2) is 0 Å². The summed E-state index contributed by atoms with van der Waals surface area (Å²) in [5.74, 6) is 1.13. The van der Waals surface area contributed by atoms with E-state index in [1.54, 1.807) is 12.1 Å². The SMILES string of the molecule is CN1CCN(c2cc(-c3ccc4c(c3)CN(C(=O)Nc3cccc(Cl)c3)CC4)nc(N)n2)CC1.